The number of rotatable bonds is 10. The van der Waals surface area contributed by atoms with E-state index in [0.29, 0.717) is 42.1 Å². The lowest BCUT2D eigenvalue weighted by molar-refractivity contribution is -0.116. The van der Waals surface area contributed by atoms with Crippen LogP contribution in [0.2, 0.25) is 0 Å². The molecule has 0 aliphatic carbocycles. The number of methoxy groups -OCH3 is 1. The number of aromatic nitrogens is 1. The normalized spacial score (nSPS) is 10.4. The van der Waals surface area contributed by atoms with Crippen LogP contribution in [0.4, 0.5) is 11.4 Å². The number of hydrogen-bond acceptors (Lipinski definition) is 5. The maximum Gasteiger partial charge on any atom is 0.257 e. The highest BCUT2D eigenvalue weighted by atomic mass is 16.5. The second kappa shape index (κ2) is 11.7. The SMILES string of the molecule is COc1cc(NC(=O)CCCCOc2cc(C)ccc2C)ccc1NC(=O)c1cccnc1. The minimum atomic E-state index is -0.290. The van der Waals surface area contributed by atoms with Crippen LogP contribution in [0, 0.1) is 13.8 Å². The Hall–Kier alpha value is -3.87. The Morgan fingerprint density at radius 3 is 2.58 bits per heavy atom. The van der Waals surface area contributed by atoms with Gasteiger partial charge in [0.05, 0.1) is 25.0 Å². The predicted molar refractivity (Wildman–Crippen MR) is 129 cm³/mol. The molecule has 3 rings (SSSR count). The van der Waals surface area contributed by atoms with Gasteiger partial charge in [-0.2, -0.15) is 0 Å². The van der Waals surface area contributed by atoms with Crippen LogP contribution in [0.1, 0.15) is 40.7 Å². The predicted octanol–water partition coefficient (Wildman–Crippen LogP) is 5.15. The molecular weight excluding hydrogens is 418 g/mol. The summed E-state index contributed by atoms with van der Waals surface area (Å²) in [6.07, 6.45) is 4.98. The first-order valence-electron chi connectivity index (χ1n) is 10.9. The third-order valence-electron chi connectivity index (χ3n) is 5.06. The summed E-state index contributed by atoms with van der Waals surface area (Å²) in [7, 11) is 1.51. The van der Waals surface area contributed by atoms with Crippen molar-refractivity contribution >= 4 is 23.2 Å². The zero-order chi connectivity index (χ0) is 23.6. The molecular formula is C26H29N3O4. The van der Waals surface area contributed by atoms with Gasteiger partial charge in [0.15, 0.2) is 0 Å². The minimum absolute atomic E-state index is 0.0871. The van der Waals surface area contributed by atoms with E-state index in [1.54, 1.807) is 36.5 Å². The molecule has 33 heavy (non-hydrogen) atoms. The number of anilines is 2. The molecule has 0 unspecified atom stereocenters. The summed E-state index contributed by atoms with van der Waals surface area (Å²) in [5, 5.41) is 5.67. The van der Waals surface area contributed by atoms with Gasteiger partial charge in [0.25, 0.3) is 5.91 Å². The lowest BCUT2D eigenvalue weighted by Crippen LogP contribution is -2.14. The quantitative estimate of drug-likeness (QED) is 0.420. The summed E-state index contributed by atoms with van der Waals surface area (Å²) in [5.41, 5.74) is 3.81. The smallest absolute Gasteiger partial charge is 0.257 e. The highest BCUT2D eigenvalue weighted by Crippen LogP contribution is 2.28. The van der Waals surface area contributed by atoms with Gasteiger partial charge in [0.2, 0.25) is 5.91 Å². The van der Waals surface area contributed by atoms with Crippen molar-refractivity contribution in [1.29, 1.82) is 0 Å². The fourth-order valence-electron chi connectivity index (χ4n) is 3.22. The van der Waals surface area contributed by atoms with Crippen molar-refractivity contribution in [3.8, 4) is 11.5 Å². The van der Waals surface area contributed by atoms with Crippen LogP contribution >= 0.6 is 0 Å². The number of ether oxygens (including phenoxy) is 2. The van der Waals surface area contributed by atoms with Crippen molar-refractivity contribution in [3.63, 3.8) is 0 Å². The van der Waals surface area contributed by atoms with Gasteiger partial charge in [-0.3, -0.25) is 14.6 Å². The Kier molecular flexibility index (Phi) is 8.41. The van der Waals surface area contributed by atoms with Gasteiger partial charge in [0, 0.05) is 30.6 Å². The number of pyridine rings is 1. The van der Waals surface area contributed by atoms with Crippen LogP contribution in [0.15, 0.2) is 60.9 Å². The topological polar surface area (TPSA) is 89.5 Å². The van der Waals surface area contributed by atoms with E-state index in [4.69, 9.17) is 9.47 Å². The Morgan fingerprint density at radius 2 is 1.82 bits per heavy atom. The van der Waals surface area contributed by atoms with E-state index in [2.05, 4.69) is 21.7 Å². The Labute approximate surface area is 194 Å². The van der Waals surface area contributed by atoms with Gasteiger partial charge < -0.3 is 20.1 Å². The molecule has 0 fully saturated rings. The number of carbonyl (C=O) groups is 2. The standard InChI is InChI=1S/C26H29N3O4/c1-18-9-10-19(2)23(15-18)33-14-5-4-8-25(30)28-21-11-12-22(24(16-21)32-3)29-26(31)20-7-6-13-27-17-20/h6-7,9-13,15-17H,4-5,8,14H2,1-3H3,(H,28,30)(H,29,31). The maximum atomic E-state index is 12.4. The van der Waals surface area contributed by atoms with Crippen molar-refractivity contribution < 1.29 is 19.1 Å². The Bertz CT molecular complexity index is 1100. The molecule has 0 aliphatic rings. The Balaban J connectivity index is 1.46. The number of carbonyl (C=O) groups excluding carboxylic acids is 2. The molecule has 0 spiro atoms. The van der Waals surface area contributed by atoms with E-state index >= 15 is 0 Å². The van der Waals surface area contributed by atoms with Crippen molar-refractivity contribution in [3.05, 3.63) is 77.6 Å². The van der Waals surface area contributed by atoms with Crippen LogP contribution in [0.5, 0.6) is 11.5 Å². The van der Waals surface area contributed by atoms with Gasteiger partial charge >= 0.3 is 0 Å². The third kappa shape index (κ3) is 7.07. The first kappa shape index (κ1) is 23.8. The van der Waals surface area contributed by atoms with Gasteiger partial charge in [-0.15, -0.1) is 0 Å². The fourth-order valence-corrected chi connectivity index (χ4v) is 3.22. The largest absolute Gasteiger partial charge is 0.494 e. The van der Waals surface area contributed by atoms with Crippen LogP contribution < -0.4 is 20.1 Å². The monoisotopic (exact) mass is 447 g/mol. The van der Waals surface area contributed by atoms with Crippen molar-refractivity contribution in [2.45, 2.75) is 33.1 Å². The lowest BCUT2D eigenvalue weighted by Gasteiger charge is -2.13. The summed E-state index contributed by atoms with van der Waals surface area (Å²) in [4.78, 5) is 28.6. The van der Waals surface area contributed by atoms with E-state index in [9.17, 15) is 9.59 Å². The summed E-state index contributed by atoms with van der Waals surface area (Å²) in [5.74, 6) is 0.964. The lowest BCUT2D eigenvalue weighted by atomic mass is 10.1. The Morgan fingerprint density at radius 1 is 0.970 bits per heavy atom. The highest BCUT2D eigenvalue weighted by molar-refractivity contribution is 6.05. The molecule has 0 saturated carbocycles. The molecule has 7 nitrogen and oxygen atoms in total. The van der Waals surface area contributed by atoms with Crippen LogP contribution in [0.25, 0.3) is 0 Å². The van der Waals surface area contributed by atoms with Gasteiger partial charge in [0.1, 0.15) is 11.5 Å². The minimum Gasteiger partial charge on any atom is -0.494 e. The second-order valence-electron chi connectivity index (χ2n) is 7.73. The van der Waals surface area contributed by atoms with E-state index in [-0.39, 0.29) is 11.8 Å². The molecule has 1 aromatic heterocycles. The molecule has 2 amide bonds. The van der Waals surface area contributed by atoms with E-state index in [1.165, 1.54) is 13.3 Å². The van der Waals surface area contributed by atoms with Gasteiger partial charge in [-0.05, 0) is 68.1 Å². The fraction of sp³-hybridized carbons (Fsp3) is 0.269. The molecule has 0 bridgehead atoms. The molecule has 172 valence electrons. The molecule has 2 aromatic carbocycles. The van der Waals surface area contributed by atoms with Crippen molar-refractivity contribution in [1.82, 2.24) is 4.98 Å². The first-order valence-corrected chi connectivity index (χ1v) is 10.9. The molecule has 1 heterocycles. The maximum absolute atomic E-state index is 12.4. The first-order chi connectivity index (χ1) is 16.0. The molecule has 0 atom stereocenters. The zero-order valence-electron chi connectivity index (χ0n) is 19.2. The van der Waals surface area contributed by atoms with Gasteiger partial charge in [-0.1, -0.05) is 12.1 Å². The van der Waals surface area contributed by atoms with Crippen molar-refractivity contribution in [2.24, 2.45) is 0 Å². The summed E-state index contributed by atoms with van der Waals surface area (Å²) >= 11 is 0. The average molecular weight is 448 g/mol. The van der Waals surface area contributed by atoms with E-state index in [0.717, 1.165) is 23.3 Å². The van der Waals surface area contributed by atoms with Gasteiger partial charge in [-0.25, -0.2) is 0 Å². The number of benzene rings is 2. The highest BCUT2D eigenvalue weighted by Gasteiger charge is 2.12. The molecule has 0 radical (unpaired) electrons. The summed E-state index contributed by atoms with van der Waals surface area (Å²) in [6, 6.07) is 14.6. The van der Waals surface area contributed by atoms with E-state index < -0.39 is 0 Å². The summed E-state index contributed by atoms with van der Waals surface area (Å²) < 4.78 is 11.2. The second-order valence-corrected chi connectivity index (χ2v) is 7.73. The summed E-state index contributed by atoms with van der Waals surface area (Å²) in [6.45, 7) is 4.62. The average Bonchev–Trinajstić information content (AvgIpc) is 2.82. The number of nitrogens with one attached hydrogen (secondary N) is 2. The zero-order valence-corrected chi connectivity index (χ0v) is 19.2. The van der Waals surface area contributed by atoms with E-state index in [1.807, 2.05) is 26.0 Å². The molecule has 0 saturated heterocycles. The number of nitrogens with zero attached hydrogens (tertiary/aromatic N) is 1. The third-order valence-corrected chi connectivity index (χ3v) is 5.06. The van der Waals surface area contributed by atoms with Crippen molar-refractivity contribution in [2.75, 3.05) is 24.4 Å². The van der Waals surface area contributed by atoms with Crippen LogP contribution in [-0.4, -0.2) is 30.5 Å². The molecule has 3 aromatic rings. The molecule has 2 N–H and O–H groups in total. The van der Waals surface area contributed by atoms with Crippen LogP contribution in [-0.2, 0) is 4.79 Å². The molecule has 0 aliphatic heterocycles. The van der Waals surface area contributed by atoms with Crippen LogP contribution in [0.3, 0.4) is 0 Å². The number of hydrogen-bond donors (Lipinski definition) is 2. The number of aryl methyl sites for hydroxylation is 2. The molecule has 7 heteroatoms. The number of amides is 2. The number of unbranched alkanes of at least 4 members (excludes halogenated alkanes) is 1.